The number of carbonyl (C=O) groups excluding carboxylic acids is 1. The number of nitrogens with one attached hydrogen (secondary N) is 2. The van der Waals surface area contributed by atoms with Gasteiger partial charge in [-0.25, -0.2) is 4.79 Å². The number of nitrogens with zero attached hydrogens (tertiary/aromatic N) is 1. The van der Waals surface area contributed by atoms with Crippen LogP contribution in [0.5, 0.6) is 0 Å². The molecule has 0 bridgehead atoms. The van der Waals surface area contributed by atoms with Gasteiger partial charge < -0.3 is 15.5 Å². The maximum Gasteiger partial charge on any atom is 0.322 e. The molecule has 0 spiro atoms. The molecule has 2 amide bonds. The Morgan fingerprint density at radius 1 is 1.50 bits per heavy atom. The van der Waals surface area contributed by atoms with Gasteiger partial charge in [0.05, 0.1) is 10.7 Å². The number of urea groups is 1. The minimum Gasteiger partial charge on any atom is -0.320 e. The number of benzene rings is 1. The highest BCUT2D eigenvalue weighted by Gasteiger charge is 2.28. The molecule has 1 aromatic carbocycles. The van der Waals surface area contributed by atoms with Gasteiger partial charge in [-0.2, -0.15) is 0 Å². The molecular formula is C13H18ClN3O. The lowest BCUT2D eigenvalue weighted by Crippen LogP contribution is -2.43. The van der Waals surface area contributed by atoms with Crippen LogP contribution in [0.2, 0.25) is 5.02 Å². The highest BCUT2D eigenvalue weighted by molar-refractivity contribution is 6.33. The second kappa shape index (κ2) is 6.07. The summed E-state index contributed by atoms with van der Waals surface area (Å²) in [5.74, 6) is 0. The highest BCUT2D eigenvalue weighted by Crippen LogP contribution is 2.23. The predicted molar refractivity (Wildman–Crippen MR) is 74.1 cm³/mol. The SMILES string of the molecule is CNCC1CCCN1C(=O)Nc1ccccc1Cl. The monoisotopic (exact) mass is 267 g/mol. The van der Waals surface area contributed by atoms with E-state index in [1.165, 1.54) is 0 Å². The smallest absolute Gasteiger partial charge is 0.320 e. The predicted octanol–water partition coefficient (Wildman–Crippen LogP) is 2.56. The van der Waals surface area contributed by atoms with Crippen molar-refractivity contribution < 1.29 is 4.79 Å². The van der Waals surface area contributed by atoms with Crippen molar-refractivity contribution in [3.8, 4) is 0 Å². The lowest BCUT2D eigenvalue weighted by atomic mass is 10.2. The van der Waals surface area contributed by atoms with Crippen LogP contribution in [-0.2, 0) is 0 Å². The largest absolute Gasteiger partial charge is 0.322 e. The Balaban J connectivity index is 2.01. The summed E-state index contributed by atoms with van der Waals surface area (Å²) < 4.78 is 0. The minimum absolute atomic E-state index is 0.0687. The molecule has 0 radical (unpaired) electrons. The number of likely N-dealkylation sites (tertiary alicyclic amines) is 1. The Morgan fingerprint density at radius 2 is 2.28 bits per heavy atom. The molecule has 1 atom stereocenters. The summed E-state index contributed by atoms with van der Waals surface area (Å²) >= 11 is 6.03. The number of halogens is 1. The fourth-order valence-corrected chi connectivity index (χ4v) is 2.48. The molecular weight excluding hydrogens is 250 g/mol. The normalized spacial score (nSPS) is 19.0. The van der Waals surface area contributed by atoms with Crippen LogP contribution in [0.25, 0.3) is 0 Å². The van der Waals surface area contributed by atoms with Gasteiger partial charge in [0.2, 0.25) is 0 Å². The molecule has 1 aliphatic heterocycles. The fourth-order valence-electron chi connectivity index (χ4n) is 2.30. The van der Waals surface area contributed by atoms with Crippen LogP contribution >= 0.6 is 11.6 Å². The number of para-hydroxylation sites is 1. The molecule has 1 aliphatic rings. The van der Waals surface area contributed by atoms with E-state index in [1.807, 2.05) is 30.1 Å². The third kappa shape index (κ3) is 2.94. The molecule has 0 saturated carbocycles. The van der Waals surface area contributed by atoms with Crippen molar-refractivity contribution in [2.75, 3.05) is 25.5 Å². The molecule has 4 nitrogen and oxygen atoms in total. The summed E-state index contributed by atoms with van der Waals surface area (Å²) in [6, 6.07) is 7.49. The summed E-state index contributed by atoms with van der Waals surface area (Å²) in [6.45, 7) is 1.64. The lowest BCUT2D eigenvalue weighted by Gasteiger charge is -2.25. The van der Waals surface area contributed by atoms with Crippen molar-refractivity contribution in [1.29, 1.82) is 0 Å². The van der Waals surface area contributed by atoms with Crippen LogP contribution in [0.15, 0.2) is 24.3 Å². The average Bonchev–Trinajstić information content (AvgIpc) is 2.81. The summed E-state index contributed by atoms with van der Waals surface area (Å²) in [4.78, 5) is 14.1. The second-order valence-corrected chi connectivity index (χ2v) is 4.86. The number of hydrogen-bond acceptors (Lipinski definition) is 2. The fraction of sp³-hybridized carbons (Fsp3) is 0.462. The molecule has 1 heterocycles. The summed E-state index contributed by atoms with van der Waals surface area (Å²) in [7, 11) is 1.91. The van der Waals surface area contributed by atoms with Gasteiger partial charge in [0.25, 0.3) is 0 Å². The van der Waals surface area contributed by atoms with Crippen molar-refractivity contribution >= 4 is 23.3 Å². The Morgan fingerprint density at radius 3 is 3.00 bits per heavy atom. The van der Waals surface area contributed by atoms with Gasteiger partial charge in [0, 0.05) is 19.1 Å². The van der Waals surface area contributed by atoms with E-state index in [0.717, 1.165) is 25.9 Å². The van der Waals surface area contributed by atoms with Crippen molar-refractivity contribution in [2.24, 2.45) is 0 Å². The van der Waals surface area contributed by atoms with Crippen molar-refractivity contribution in [3.05, 3.63) is 29.3 Å². The molecule has 0 aliphatic carbocycles. The van der Waals surface area contributed by atoms with E-state index in [0.29, 0.717) is 10.7 Å². The van der Waals surface area contributed by atoms with E-state index >= 15 is 0 Å². The van der Waals surface area contributed by atoms with Crippen molar-refractivity contribution in [3.63, 3.8) is 0 Å². The van der Waals surface area contributed by atoms with E-state index < -0.39 is 0 Å². The zero-order chi connectivity index (χ0) is 13.0. The van der Waals surface area contributed by atoms with E-state index in [2.05, 4.69) is 10.6 Å². The van der Waals surface area contributed by atoms with E-state index in [1.54, 1.807) is 6.07 Å². The zero-order valence-electron chi connectivity index (χ0n) is 10.4. The van der Waals surface area contributed by atoms with Gasteiger partial charge in [-0.1, -0.05) is 23.7 Å². The Labute approximate surface area is 112 Å². The summed E-state index contributed by atoms with van der Waals surface area (Å²) in [6.07, 6.45) is 2.11. The van der Waals surface area contributed by atoms with Gasteiger partial charge in [-0.15, -0.1) is 0 Å². The Bertz CT molecular complexity index is 424. The molecule has 1 unspecified atom stereocenters. The van der Waals surface area contributed by atoms with Gasteiger partial charge in [0.15, 0.2) is 0 Å². The number of carbonyl (C=O) groups is 1. The molecule has 98 valence electrons. The number of anilines is 1. The minimum atomic E-state index is -0.0687. The molecule has 2 N–H and O–H groups in total. The van der Waals surface area contributed by atoms with Crippen molar-refractivity contribution in [1.82, 2.24) is 10.2 Å². The molecule has 1 saturated heterocycles. The second-order valence-electron chi connectivity index (χ2n) is 4.46. The third-order valence-corrected chi connectivity index (χ3v) is 3.52. The lowest BCUT2D eigenvalue weighted by molar-refractivity contribution is 0.206. The molecule has 5 heteroatoms. The van der Waals surface area contributed by atoms with Crippen LogP contribution < -0.4 is 10.6 Å². The van der Waals surface area contributed by atoms with Crippen LogP contribution in [0, 0.1) is 0 Å². The number of rotatable bonds is 3. The molecule has 1 fully saturated rings. The first-order chi connectivity index (χ1) is 8.72. The van der Waals surface area contributed by atoms with Crippen LogP contribution in [-0.4, -0.2) is 37.1 Å². The maximum atomic E-state index is 12.2. The van der Waals surface area contributed by atoms with Crippen LogP contribution in [0.4, 0.5) is 10.5 Å². The first-order valence-electron chi connectivity index (χ1n) is 6.19. The first kappa shape index (κ1) is 13.2. The molecule has 2 rings (SSSR count). The first-order valence-corrected chi connectivity index (χ1v) is 6.57. The Hall–Kier alpha value is -1.26. The Kier molecular flexibility index (Phi) is 4.44. The molecule has 18 heavy (non-hydrogen) atoms. The van der Waals surface area contributed by atoms with Gasteiger partial charge >= 0.3 is 6.03 Å². The number of hydrogen-bond donors (Lipinski definition) is 2. The molecule has 0 aromatic heterocycles. The van der Waals surface area contributed by atoms with Crippen LogP contribution in [0.3, 0.4) is 0 Å². The average molecular weight is 268 g/mol. The summed E-state index contributed by atoms with van der Waals surface area (Å²) in [5.41, 5.74) is 0.666. The van der Waals surface area contributed by atoms with Gasteiger partial charge in [-0.3, -0.25) is 0 Å². The highest BCUT2D eigenvalue weighted by atomic mass is 35.5. The van der Waals surface area contributed by atoms with E-state index in [9.17, 15) is 4.79 Å². The van der Waals surface area contributed by atoms with Crippen LogP contribution in [0.1, 0.15) is 12.8 Å². The topological polar surface area (TPSA) is 44.4 Å². The van der Waals surface area contributed by atoms with E-state index in [-0.39, 0.29) is 12.1 Å². The number of likely N-dealkylation sites (N-methyl/N-ethyl adjacent to an activating group) is 1. The number of amides is 2. The standard InChI is InChI=1S/C13H18ClN3O/c1-15-9-10-5-4-8-17(10)13(18)16-12-7-3-2-6-11(12)14/h2-3,6-7,10,15H,4-5,8-9H2,1H3,(H,16,18). The van der Waals surface area contributed by atoms with Crippen molar-refractivity contribution in [2.45, 2.75) is 18.9 Å². The maximum absolute atomic E-state index is 12.2. The van der Waals surface area contributed by atoms with Gasteiger partial charge in [-0.05, 0) is 32.0 Å². The molecule has 1 aromatic rings. The summed E-state index contributed by atoms with van der Waals surface area (Å²) in [5, 5.41) is 6.55. The van der Waals surface area contributed by atoms with Gasteiger partial charge in [0.1, 0.15) is 0 Å². The zero-order valence-corrected chi connectivity index (χ0v) is 11.2. The third-order valence-electron chi connectivity index (χ3n) is 3.19. The quantitative estimate of drug-likeness (QED) is 0.884. The van der Waals surface area contributed by atoms with E-state index in [4.69, 9.17) is 11.6 Å².